The lowest BCUT2D eigenvalue weighted by Gasteiger charge is -2.44. The average molecular weight is 499 g/mol. The number of benzene rings is 1. The van der Waals surface area contributed by atoms with Crippen molar-refractivity contribution in [1.29, 1.82) is 0 Å². The van der Waals surface area contributed by atoms with E-state index < -0.39 is 15.9 Å². The SMILES string of the molecule is CNc1ccccc1N1CCCN(C(NC(=O)/C=C/c2cccnc2)C(Cl)(Cl)Cl)C1=S. The molecule has 0 bridgehead atoms. The van der Waals surface area contributed by atoms with Crippen LogP contribution in [-0.2, 0) is 4.79 Å². The molecule has 6 nitrogen and oxygen atoms in total. The first-order valence-corrected chi connectivity index (χ1v) is 11.2. The number of pyridine rings is 1. The minimum atomic E-state index is -1.80. The highest BCUT2D eigenvalue weighted by Crippen LogP contribution is 2.35. The highest BCUT2D eigenvalue weighted by atomic mass is 35.6. The summed E-state index contributed by atoms with van der Waals surface area (Å²) in [6, 6.07) is 11.4. The van der Waals surface area contributed by atoms with Crippen LogP contribution in [-0.4, -0.2) is 51.0 Å². The third kappa shape index (κ3) is 6.01. The van der Waals surface area contributed by atoms with Crippen LogP contribution >= 0.6 is 47.0 Å². The van der Waals surface area contributed by atoms with E-state index >= 15 is 0 Å². The lowest BCUT2D eigenvalue weighted by molar-refractivity contribution is -0.117. The Morgan fingerprint density at radius 2 is 2.00 bits per heavy atom. The fourth-order valence-electron chi connectivity index (χ4n) is 3.29. The molecule has 1 atom stereocenters. The van der Waals surface area contributed by atoms with Crippen molar-refractivity contribution in [2.45, 2.75) is 16.4 Å². The molecule has 10 heteroatoms. The molecule has 0 saturated carbocycles. The van der Waals surface area contributed by atoms with Gasteiger partial charge in [0.05, 0.1) is 11.4 Å². The van der Waals surface area contributed by atoms with E-state index in [4.69, 9.17) is 47.0 Å². The summed E-state index contributed by atoms with van der Waals surface area (Å²) in [6.45, 7) is 1.26. The molecule has 1 aliphatic rings. The van der Waals surface area contributed by atoms with E-state index in [2.05, 4.69) is 15.6 Å². The lowest BCUT2D eigenvalue weighted by atomic mass is 10.2. The number of alkyl halides is 3. The molecular formula is C21H22Cl3N5OS. The number of rotatable bonds is 6. The zero-order valence-electron chi connectivity index (χ0n) is 16.8. The Labute approximate surface area is 202 Å². The van der Waals surface area contributed by atoms with Crippen molar-refractivity contribution >= 4 is 75.5 Å². The Morgan fingerprint density at radius 1 is 1.23 bits per heavy atom. The minimum absolute atomic E-state index is 0.407. The van der Waals surface area contributed by atoms with Crippen LogP contribution in [0.1, 0.15) is 12.0 Å². The van der Waals surface area contributed by atoms with Crippen molar-refractivity contribution in [3.05, 3.63) is 60.4 Å². The number of hydrogen-bond donors (Lipinski definition) is 2. The van der Waals surface area contributed by atoms with E-state index in [1.807, 2.05) is 42.3 Å². The first kappa shape index (κ1) is 23.6. The van der Waals surface area contributed by atoms with Crippen LogP contribution in [0.5, 0.6) is 0 Å². The largest absolute Gasteiger partial charge is 0.386 e. The molecule has 1 amide bonds. The van der Waals surface area contributed by atoms with Crippen LogP contribution < -0.4 is 15.5 Å². The van der Waals surface area contributed by atoms with Gasteiger partial charge in [-0.25, -0.2) is 0 Å². The van der Waals surface area contributed by atoms with Crippen LogP contribution in [0.15, 0.2) is 54.9 Å². The van der Waals surface area contributed by atoms with Crippen LogP contribution in [0.4, 0.5) is 11.4 Å². The van der Waals surface area contributed by atoms with E-state index in [9.17, 15) is 4.79 Å². The Morgan fingerprint density at radius 3 is 2.68 bits per heavy atom. The van der Waals surface area contributed by atoms with Crippen molar-refractivity contribution in [3.8, 4) is 0 Å². The monoisotopic (exact) mass is 497 g/mol. The maximum atomic E-state index is 12.6. The van der Waals surface area contributed by atoms with Gasteiger partial charge in [0.2, 0.25) is 9.70 Å². The summed E-state index contributed by atoms with van der Waals surface area (Å²) in [7, 11) is 1.85. The van der Waals surface area contributed by atoms with Gasteiger partial charge < -0.3 is 20.4 Å². The molecule has 0 radical (unpaired) electrons. The Hall–Kier alpha value is -2.06. The molecule has 0 aliphatic carbocycles. The van der Waals surface area contributed by atoms with Gasteiger partial charge in [0.15, 0.2) is 11.3 Å². The third-order valence-electron chi connectivity index (χ3n) is 4.73. The second-order valence-electron chi connectivity index (χ2n) is 6.82. The van der Waals surface area contributed by atoms with Gasteiger partial charge in [0.1, 0.15) is 0 Å². The molecule has 1 aliphatic heterocycles. The summed E-state index contributed by atoms with van der Waals surface area (Å²) < 4.78 is -1.80. The number of carbonyl (C=O) groups excluding carboxylic acids is 1. The van der Waals surface area contributed by atoms with Crippen LogP contribution in [0.2, 0.25) is 0 Å². The van der Waals surface area contributed by atoms with Crippen LogP contribution in [0, 0.1) is 0 Å². The van der Waals surface area contributed by atoms with Gasteiger partial charge in [0.25, 0.3) is 0 Å². The van der Waals surface area contributed by atoms with E-state index in [1.165, 1.54) is 6.08 Å². The Kier molecular flexibility index (Phi) is 8.00. The summed E-state index contributed by atoms with van der Waals surface area (Å²) in [5, 5.41) is 6.43. The number of nitrogens with zero attached hydrogens (tertiary/aromatic N) is 3. The Balaban J connectivity index is 1.80. The smallest absolute Gasteiger partial charge is 0.245 e. The second-order valence-corrected chi connectivity index (χ2v) is 9.55. The van der Waals surface area contributed by atoms with Gasteiger partial charge in [-0.1, -0.05) is 53.0 Å². The summed E-state index contributed by atoms with van der Waals surface area (Å²) in [5.41, 5.74) is 2.64. The van der Waals surface area contributed by atoms with E-state index in [0.717, 1.165) is 29.9 Å². The van der Waals surface area contributed by atoms with Crippen molar-refractivity contribution in [1.82, 2.24) is 15.2 Å². The zero-order chi connectivity index (χ0) is 22.4. The van der Waals surface area contributed by atoms with Crippen LogP contribution in [0.3, 0.4) is 0 Å². The highest BCUT2D eigenvalue weighted by molar-refractivity contribution is 7.80. The molecule has 31 heavy (non-hydrogen) atoms. The Bertz CT molecular complexity index is 952. The van der Waals surface area contributed by atoms with Gasteiger partial charge >= 0.3 is 0 Å². The predicted octanol–water partition coefficient (Wildman–Crippen LogP) is 4.45. The van der Waals surface area contributed by atoms with E-state index in [0.29, 0.717) is 11.7 Å². The molecule has 1 fully saturated rings. The number of nitrogens with one attached hydrogen (secondary N) is 2. The number of anilines is 2. The molecule has 2 heterocycles. The number of hydrogen-bond acceptors (Lipinski definition) is 4. The van der Waals surface area contributed by atoms with Gasteiger partial charge in [-0.05, 0) is 48.5 Å². The predicted molar refractivity (Wildman–Crippen MR) is 133 cm³/mol. The number of thiocarbonyl (C=S) groups is 1. The normalized spacial score (nSPS) is 15.8. The first-order valence-electron chi connectivity index (χ1n) is 9.61. The van der Waals surface area contributed by atoms with Gasteiger partial charge in [0, 0.05) is 38.6 Å². The standard InChI is InChI=1S/C21H22Cl3N5OS/c1-25-16-7-2-3-8-17(16)28-12-5-13-29(20(28)31)19(21(22,23)24)27-18(30)10-9-15-6-4-11-26-14-15/h2-4,6-11,14,19,25H,5,12-13H2,1H3,(H,27,30)/b10-9+. The second kappa shape index (κ2) is 10.5. The van der Waals surface area contributed by atoms with Crippen molar-refractivity contribution in [2.24, 2.45) is 0 Å². The molecule has 0 spiro atoms. The first-order chi connectivity index (χ1) is 14.8. The molecule has 3 rings (SSSR count). The topological polar surface area (TPSA) is 60.5 Å². The summed E-state index contributed by atoms with van der Waals surface area (Å²) in [4.78, 5) is 20.3. The van der Waals surface area contributed by atoms with E-state index in [-0.39, 0.29) is 0 Å². The molecule has 1 unspecified atom stereocenters. The molecule has 2 aromatic rings. The average Bonchev–Trinajstić information content (AvgIpc) is 2.76. The van der Waals surface area contributed by atoms with Gasteiger partial charge in [-0.15, -0.1) is 0 Å². The quantitative estimate of drug-likeness (QED) is 0.349. The fraction of sp³-hybridized carbons (Fsp3) is 0.286. The maximum Gasteiger partial charge on any atom is 0.245 e. The summed E-state index contributed by atoms with van der Waals surface area (Å²) in [5.74, 6) is -0.407. The number of carbonyl (C=O) groups is 1. The third-order valence-corrected chi connectivity index (χ3v) is 5.81. The summed E-state index contributed by atoms with van der Waals surface area (Å²) in [6.07, 6.45) is 6.15. The van der Waals surface area contributed by atoms with Crippen molar-refractivity contribution in [2.75, 3.05) is 30.4 Å². The van der Waals surface area contributed by atoms with E-state index in [1.54, 1.807) is 29.4 Å². The molecule has 1 aromatic carbocycles. The lowest BCUT2D eigenvalue weighted by Crippen LogP contribution is -2.62. The summed E-state index contributed by atoms with van der Waals surface area (Å²) >= 11 is 24.5. The maximum absolute atomic E-state index is 12.6. The molecule has 2 N–H and O–H groups in total. The number of para-hydroxylation sites is 2. The molecule has 1 aromatic heterocycles. The zero-order valence-corrected chi connectivity index (χ0v) is 19.8. The van der Waals surface area contributed by atoms with Crippen LogP contribution in [0.25, 0.3) is 6.08 Å². The highest BCUT2D eigenvalue weighted by Gasteiger charge is 2.42. The van der Waals surface area contributed by atoms with Crippen molar-refractivity contribution < 1.29 is 4.79 Å². The van der Waals surface area contributed by atoms with Gasteiger partial charge in [-0.2, -0.15) is 0 Å². The molecule has 1 saturated heterocycles. The number of amides is 1. The minimum Gasteiger partial charge on any atom is -0.386 e. The van der Waals surface area contributed by atoms with Gasteiger partial charge in [-0.3, -0.25) is 9.78 Å². The molecular weight excluding hydrogens is 477 g/mol. The number of halogens is 3. The fourth-order valence-corrected chi connectivity index (χ4v) is 4.20. The van der Waals surface area contributed by atoms with Crippen molar-refractivity contribution in [3.63, 3.8) is 0 Å². The number of aromatic nitrogens is 1. The molecule has 164 valence electrons.